The minimum absolute atomic E-state index is 0.123. The van der Waals surface area contributed by atoms with Crippen LogP contribution in [0.5, 0.6) is 0 Å². The summed E-state index contributed by atoms with van der Waals surface area (Å²) in [5.74, 6) is 0.400. The number of ether oxygens (including phenoxy) is 2. The summed E-state index contributed by atoms with van der Waals surface area (Å²) in [6, 6.07) is 0.372. The lowest BCUT2D eigenvalue weighted by atomic mass is 9.55. The minimum atomic E-state index is -0.163. The first-order valence-electron chi connectivity index (χ1n) is 6.58. The largest absolute Gasteiger partial charge is 0.465 e. The molecule has 0 radical (unpaired) electrons. The molecule has 4 nitrogen and oxygen atoms in total. The molecule has 1 saturated carbocycles. The van der Waals surface area contributed by atoms with Gasteiger partial charge in [-0.2, -0.15) is 0 Å². The molecule has 98 valence electrons. The van der Waals surface area contributed by atoms with Gasteiger partial charge in [0.25, 0.3) is 0 Å². The monoisotopic (exact) mass is 241 g/mol. The smallest absolute Gasteiger partial charge is 0.319 e. The van der Waals surface area contributed by atoms with Crippen LogP contribution in [-0.4, -0.2) is 37.9 Å². The molecule has 1 saturated heterocycles. The molecular weight excluding hydrogens is 218 g/mol. The van der Waals surface area contributed by atoms with Crippen LogP contribution in [0.25, 0.3) is 0 Å². The second kappa shape index (κ2) is 4.94. The van der Waals surface area contributed by atoms with Gasteiger partial charge in [0.2, 0.25) is 0 Å². The molecule has 17 heavy (non-hydrogen) atoms. The lowest BCUT2D eigenvalue weighted by molar-refractivity contribution is -0.193. The fourth-order valence-electron chi connectivity index (χ4n) is 3.34. The Morgan fingerprint density at radius 2 is 2.29 bits per heavy atom. The van der Waals surface area contributed by atoms with Gasteiger partial charge in [-0.25, -0.2) is 0 Å². The van der Waals surface area contributed by atoms with Crippen molar-refractivity contribution >= 4 is 5.97 Å². The molecule has 0 aromatic carbocycles. The van der Waals surface area contributed by atoms with Crippen molar-refractivity contribution in [2.75, 3.05) is 19.8 Å². The van der Waals surface area contributed by atoms with E-state index in [2.05, 4.69) is 19.2 Å². The standard InChI is InChI=1S/C13H23NO3/c1-4-16-10(15)8-14-11-9-6-5-7-17-12(9)13(11,2)3/h9,11-12,14H,4-8H2,1-3H3. The van der Waals surface area contributed by atoms with Crippen molar-refractivity contribution in [1.82, 2.24) is 5.32 Å². The van der Waals surface area contributed by atoms with Crippen LogP contribution in [0.1, 0.15) is 33.6 Å². The maximum atomic E-state index is 11.3. The van der Waals surface area contributed by atoms with Gasteiger partial charge in [-0.15, -0.1) is 0 Å². The molecule has 0 bridgehead atoms. The normalized spacial score (nSPS) is 34.6. The molecule has 3 unspecified atom stereocenters. The zero-order valence-electron chi connectivity index (χ0n) is 11.0. The van der Waals surface area contributed by atoms with Crippen molar-refractivity contribution in [2.24, 2.45) is 11.3 Å². The van der Waals surface area contributed by atoms with E-state index in [1.54, 1.807) is 0 Å². The summed E-state index contributed by atoms with van der Waals surface area (Å²) in [6.07, 6.45) is 2.69. The third-order valence-corrected chi connectivity index (χ3v) is 4.10. The van der Waals surface area contributed by atoms with Gasteiger partial charge in [-0.05, 0) is 19.8 Å². The van der Waals surface area contributed by atoms with Crippen molar-refractivity contribution in [2.45, 2.75) is 45.8 Å². The molecule has 3 atom stereocenters. The summed E-state index contributed by atoms with van der Waals surface area (Å²) in [5, 5.41) is 3.34. The lowest BCUT2D eigenvalue weighted by Crippen LogP contribution is -2.69. The van der Waals surface area contributed by atoms with Gasteiger partial charge in [0, 0.05) is 24.0 Å². The van der Waals surface area contributed by atoms with Crippen molar-refractivity contribution in [3.63, 3.8) is 0 Å². The van der Waals surface area contributed by atoms with Crippen LogP contribution in [0.4, 0.5) is 0 Å². The third-order valence-electron chi connectivity index (χ3n) is 4.10. The van der Waals surface area contributed by atoms with E-state index >= 15 is 0 Å². The van der Waals surface area contributed by atoms with E-state index in [1.807, 2.05) is 6.92 Å². The van der Waals surface area contributed by atoms with Crippen LogP contribution in [0.2, 0.25) is 0 Å². The average molecular weight is 241 g/mol. The van der Waals surface area contributed by atoms with Crippen molar-refractivity contribution < 1.29 is 14.3 Å². The van der Waals surface area contributed by atoms with Crippen LogP contribution < -0.4 is 5.32 Å². The topological polar surface area (TPSA) is 47.6 Å². The fraction of sp³-hybridized carbons (Fsp3) is 0.923. The summed E-state index contributed by atoms with van der Waals surface area (Å²) < 4.78 is 10.8. The van der Waals surface area contributed by atoms with Gasteiger partial charge in [0.1, 0.15) is 0 Å². The average Bonchev–Trinajstić information content (AvgIpc) is 2.29. The highest BCUT2D eigenvalue weighted by molar-refractivity contribution is 5.71. The van der Waals surface area contributed by atoms with Gasteiger partial charge in [-0.1, -0.05) is 13.8 Å². The minimum Gasteiger partial charge on any atom is -0.465 e. The predicted octanol–water partition coefficient (Wildman–Crippen LogP) is 1.34. The molecule has 0 spiro atoms. The van der Waals surface area contributed by atoms with E-state index in [0.717, 1.165) is 13.0 Å². The Kier molecular flexibility index (Phi) is 3.73. The van der Waals surface area contributed by atoms with Gasteiger partial charge in [-0.3, -0.25) is 4.79 Å². The molecule has 1 heterocycles. The first-order chi connectivity index (χ1) is 8.07. The zero-order chi connectivity index (χ0) is 12.5. The van der Waals surface area contributed by atoms with Crippen molar-refractivity contribution in [3.8, 4) is 0 Å². The highest BCUT2D eigenvalue weighted by atomic mass is 16.5. The molecule has 1 aliphatic carbocycles. The van der Waals surface area contributed by atoms with E-state index < -0.39 is 0 Å². The molecule has 0 aromatic rings. The second-order valence-corrected chi connectivity index (χ2v) is 5.58. The predicted molar refractivity (Wildman–Crippen MR) is 64.7 cm³/mol. The second-order valence-electron chi connectivity index (χ2n) is 5.58. The highest BCUT2D eigenvalue weighted by Gasteiger charge is 2.57. The Hall–Kier alpha value is -0.610. The van der Waals surface area contributed by atoms with E-state index in [1.165, 1.54) is 6.42 Å². The number of hydrogen-bond acceptors (Lipinski definition) is 4. The Morgan fingerprint density at radius 3 is 3.00 bits per heavy atom. The summed E-state index contributed by atoms with van der Waals surface area (Å²) >= 11 is 0. The quantitative estimate of drug-likeness (QED) is 0.755. The number of esters is 1. The van der Waals surface area contributed by atoms with Gasteiger partial charge >= 0.3 is 5.97 Å². The first kappa shape index (κ1) is 12.8. The maximum absolute atomic E-state index is 11.3. The number of nitrogens with one attached hydrogen (secondary N) is 1. The summed E-state index contributed by atoms with van der Waals surface area (Å²) in [4.78, 5) is 11.3. The number of carbonyl (C=O) groups is 1. The Balaban J connectivity index is 1.86. The number of carbonyl (C=O) groups excluding carboxylic acids is 1. The fourth-order valence-corrected chi connectivity index (χ4v) is 3.34. The van der Waals surface area contributed by atoms with Crippen LogP contribution >= 0.6 is 0 Å². The van der Waals surface area contributed by atoms with Gasteiger partial charge in [0.15, 0.2) is 0 Å². The van der Waals surface area contributed by atoms with Crippen LogP contribution in [0.3, 0.4) is 0 Å². The highest BCUT2D eigenvalue weighted by Crippen LogP contribution is 2.51. The van der Waals surface area contributed by atoms with E-state index in [0.29, 0.717) is 31.2 Å². The van der Waals surface area contributed by atoms with Crippen LogP contribution in [0, 0.1) is 11.3 Å². The number of fused-ring (bicyclic) bond motifs is 1. The molecule has 0 amide bonds. The van der Waals surface area contributed by atoms with Gasteiger partial charge < -0.3 is 14.8 Å². The van der Waals surface area contributed by atoms with Crippen LogP contribution in [-0.2, 0) is 14.3 Å². The van der Waals surface area contributed by atoms with Gasteiger partial charge in [0.05, 0.1) is 19.3 Å². The number of rotatable bonds is 4. The summed E-state index contributed by atoms with van der Waals surface area (Å²) in [5.41, 5.74) is 0.123. The lowest BCUT2D eigenvalue weighted by Gasteiger charge is -2.60. The molecular formula is C13H23NO3. The van der Waals surface area contributed by atoms with Crippen LogP contribution in [0.15, 0.2) is 0 Å². The molecule has 1 aliphatic heterocycles. The Bertz CT molecular complexity index is 290. The van der Waals surface area contributed by atoms with E-state index in [9.17, 15) is 4.79 Å². The maximum Gasteiger partial charge on any atom is 0.319 e. The summed E-state index contributed by atoms with van der Waals surface area (Å²) in [7, 11) is 0. The SMILES string of the molecule is CCOC(=O)CNC1C2CCCOC2C1(C)C. The molecule has 2 aliphatic rings. The molecule has 2 rings (SSSR count). The molecule has 2 fully saturated rings. The molecule has 0 aromatic heterocycles. The molecule has 1 N–H and O–H groups in total. The Labute approximate surface area is 103 Å². The van der Waals surface area contributed by atoms with E-state index in [4.69, 9.17) is 9.47 Å². The van der Waals surface area contributed by atoms with E-state index in [-0.39, 0.29) is 11.4 Å². The van der Waals surface area contributed by atoms with Crippen molar-refractivity contribution in [3.05, 3.63) is 0 Å². The van der Waals surface area contributed by atoms with Crippen molar-refractivity contribution in [1.29, 1.82) is 0 Å². The third kappa shape index (κ3) is 2.33. The first-order valence-corrected chi connectivity index (χ1v) is 6.58. The summed E-state index contributed by atoms with van der Waals surface area (Å²) in [6.45, 7) is 7.89. The Morgan fingerprint density at radius 1 is 1.53 bits per heavy atom. The molecule has 4 heteroatoms. The number of hydrogen-bond donors (Lipinski definition) is 1. The zero-order valence-corrected chi connectivity index (χ0v) is 11.0.